The molecular weight excluding hydrogens is 380 g/mol. The smallest absolute Gasteiger partial charge is 0.151 e. The van der Waals surface area contributed by atoms with Crippen LogP contribution in [0.5, 0.6) is 0 Å². The van der Waals surface area contributed by atoms with Gasteiger partial charge in [0.25, 0.3) is 0 Å². The third kappa shape index (κ3) is 3.55. The van der Waals surface area contributed by atoms with E-state index in [0.29, 0.717) is 19.0 Å². The molecule has 31 heavy (non-hydrogen) atoms. The highest BCUT2D eigenvalue weighted by Crippen LogP contribution is 2.54. The summed E-state index contributed by atoms with van der Waals surface area (Å²) in [6, 6.07) is 27.7. The van der Waals surface area contributed by atoms with Gasteiger partial charge in [-0.2, -0.15) is 0 Å². The summed E-state index contributed by atoms with van der Waals surface area (Å²) in [5.41, 5.74) is 6.44. The molecule has 0 radical (unpaired) electrons. The molecular formula is C29H28O2. The van der Waals surface area contributed by atoms with E-state index in [9.17, 15) is 4.79 Å². The Morgan fingerprint density at radius 3 is 2.03 bits per heavy atom. The zero-order chi connectivity index (χ0) is 21.4. The zero-order valence-electron chi connectivity index (χ0n) is 18.2. The maximum atomic E-state index is 13.7. The predicted octanol–water partition coefficient (Wildman–Crippen LogP) is 6.12. The number of aryl methyl sites for hydroxylation is 2. The lowest BCUT2D eigenvalue weighted by Gasteiger charge is -2.34. The van der Waals surface area contributed by atoms with Gasteiger partial charge in [0.15, 0.2) is 5.78 Å². The Bertz CT molecular complexity index is 1060. The average Bonchev–Trinajstić information content (AvgIpc) is 2.94. The number of benzene rings is 3. The number of hydrogen-bond donors (Lipinski definition) is 0. The Morgan fingerprint density at radius 2 is 1.45 bits per heavy atom. The van der Waals surface area contributed by atoms with Crippen molar-refractivity contribution in [3.63, 3.8) is 0 Å². The van der Waals surface area contributed by atoms with Crippen LogP contribution in [0.15, 0.2) is 84.9 Å². The lowest BCUT2D eigenvalue weighted by molar-refractivity contribution is -0.137. The molecule has 1 aliphatic heterocycles. The maximum Gasteiger partial charge on any atom is 0.151 e. The van der Waals surface area contributed by atoms with Crippen LogP contribution in [-0.2, 0) is 9.53 Å². The Morgan fingerprint density at radius 1 is 0.871 bits per heavy atom. The molecule has 2 aliphatic rings. The van der Waals surface area contributed by atoms with Crippen molar-refractivity contribution in [2.24, 2.45) is 11.3 Å². The van der Waals surface area contributed by atoms with Gasteiger partial charge in [-0.1, -0.05) is 96.1 Å². The van der Waals surface area contributed by atoms with Gasteiger partial charge in [0.2, 0.25) is 0 Å². The van der Waals surface area contributed by atoms with Crippen molar-refractivity contribution in [1.29, 1.82) is 0 Å². The third-order valence-corrected chi connectivity index (χ3v) is 6.96. The number of hydrogen-bond acceptors (Lipinski definition) is 2. The second-order valence-corrected chi connectivity index (χ2v) is 9.11. The number of fused-ring (bicyclic) bond motifs is 2. The number of Topliss-reactive ketones (excluding diaryl/α,β-unsaturated/α-hetero) is 1. The van der Waals surface area contributed by atoms with Gasteiger partial charge in [-0.05, 0) is 42.5 Å². The molecule has 156 valence electrons. The molecule has 2 heteroatoms. The van der Waals surface area contributed by atoms with Crippen molar-refractivity contribution in [3.8, 4) is 0 Å². The van der Waals surface area contributed by atoms with E-state index < -0.39 is 5.41 Å². The summed E-state index contributed by atoms with van der Waals surface area (Å²) in [5.74, 6) is 0.455. The number of ketones is 1. The maximum absolute atomic E-state index is 13.7. The third-order valence-electron chi connectivity index (χ3n) is 6.96. The molecule has 2 nitrogen and oxygen atoms in total. The lowest BCUT2D eigenvalue weighted by Crippen LogP contribution is -2.41. The Labute approximate surface area is 184 Å². The summed E-state index contributed by atoms with van der Waals surface area (Å²) in [6.07, 6.45) is 3.09. The Balaban J connectivity index is 1.70. The second kappa shape index (κ2) is 7.94. The van der Waals surface area contributed by atoms with Crippen LogP contribution in [0, 0.1) is 25.2 Å². The van der Waals surface area contributed by atoms with Crippen molar-refractivity contribution >= 4 is 11.4 Å². The minimum absolute atomic E-state index is 0.0208. The van der Waals surface area contributed by atoms with Gasteiger partial charge >= 0.3 is 0 Å². The summed E-state index contributed by atoms with van der Waals surface area (Å²) < 4.78 is 6.03. The summed E-state index contributed by atoms with van der Waals surface area (Å²) >= 11 is 0. The van der Waals surface area contributed by atoms with Crippen molar-refractivity contribution in [2.45, 2.75) is 26.2 Å². The molecule has 3 aromatic rings. The molecule has 5 rings (SSSR count). The lowest BCUT2D eigenvalue weighted by atomic mass is 9.71. The van der Waals surface area contributed by atoms with E-state index in [1.54, 1.807) is 0 Å². The van der Waals surface area contributed by atoms with Crippen LogP contribution in [0.2, 0.25) is 0 Å². The van der Waals surface area contributed by atoms with Crippen LogP contribution in [0.1, 0.15) is 40.2 Å². The highest BCUT2D eigenvalue weighted by molar-refractivity contribution is 5.96. The van der Waals surface area contributed by atoms with E-state index in [1.807, 2.05) is 6.07 Å². The van der Waals surface area contributed by atoms with Gasteiger partial charge < -0.3 is 4.74 Å². The highest BCUT2D eigenvalue weighted by atomic mass is 16.5. The molecule has 3 atom stereocenters. The van der Waals surface area contributed by atoms with E-state index in [2.05, 4.69) is 92.7 Å². The molecule has 0 unspecified atom stereocenters. The summed E-state index contributed by atoms with van der Waals surface area (Å²) in [5, 5.41) is 0. The first-order valence-corrected chi connectivity index (χ1v) is 11.1. The molecule has 0 N–H and O–H groups in total. The van der Waals surface area contributed by atoms with Crippen molar-refractivity contribution in [1.82, 2.24) is 0 Å². The molecule has 2 fully saturated rings. The van der Waals surface area contributed by atoms with Crippen LogP contribution >= 0.6 is 0 Å². The van der Waals surface area contributed by atoms with Crippen LogP contribution < -0.4 is 0 Å². The van der Waals surface area contributed by atoms with Gasteiger partial charge in [0.1, 0.15) is 0 Å². The van der Waals surface area contributed by atoms with Crippen LogP contribution in [0.25, 0.3) is 5.57 Å². The summed E-state index contributed by atoms with van der Waals surface area (Å²) in [6.45, 7) is 5.19. The first-order chi connectivity index (χ1) is 15.1. The SMILES string of the molecule is Cc1ccc(C(=C[C@@]23COC[C@@H](C[C@H]2c2ccccc2)C3=O)c2ccc(C)cc2)cc1. The fraction of sp³-hybridized carbons (Fsp3) is 0.276. The standard InChI is InChI=1S/C29H28O2/c1-20-8-12-22(13-9-20)26(23-14-10-21(2)11-15-23)17-29-19-31-18-25(28(29)30)16-27(29)24-6-4-3-5-7-24/h3-15,17,25,27H,16,18-19H2,1-2H3/t25-,27+,29-/m1/s1. The Kier molecular flexibility index (Phi) is 5.11. The minimum Gasteiger partial charge on any atom is -0.379 e. The number of carbonyl (C=O) groups excluding carboxylic acids is 1. The monoisotopic (exact) mass is 408 g/mol. The van der Waals surface area contributed by atoms with Gasteiger partial charge in [0, 0.05) is 11.8 Å². The highest BCUT2D eigenvalue weighted by Gasteiger charge is 2.56. The quantitative estimate of drug-likeness (QED) is 0.519. The largest absolute Gasteiger partial charge is 0.379 e. The van der Waals surface area contributed by atoms with E-state index in [-0.39, 0.29) is 11.8 Å². The number of rotatable bonds is 4. The number of ether oxygens (including phenoxy) is 1. The molecule has 0 spiro atoms. The van der Waals surface area contributed by atoms with E-state index in [4.69, 9.17) is 4.74 Å². The molecule has 3 aromatic carbocycles. The molecule has 1 saturated heterocycles. The van der Waals surface area contributed by atoms with Crippen molar-refractivity contribution in [3.05, 3.63) is 113 Å². The van der Waals surface area contributed by atoms with Gasteiger partial charge in [-0.25, -0.2) is 0 Å². The van der Waals surface area contributed by atoms with E-state index in [0.717, 1.165) is 23.1 Å². The summed E-state index contributed by atoms with van der Waals surface area (Å²) in [7, 11) is 0. The van der Waals surface area contributed by atoms with Crippen LogP contribution in [0.3, 0.4) is 0 Å². The van der Waals surface area contributed by atoms with Gasteiger partial charge in [-0.3, -0.25) is 4.79 Å². The molecule has 2 bridgehead atoms. The first-order valence-electron chi connectivity index (χ1n) is 11.1. The topological polar surface area (TPSA) is 26.3 Å². The Hall–Kier alpha value is -2.97. The van der Waals surface area contributed by atoms with E-state index >= 15 is 0 Å². The molecule has 0 aromatic heterocycles. The average molecular weight is 409 g/mol. The first kappa shape index (κ1) is 20.0. The molecule has 1 saturated carbocycles. The van der Waals surface area contributed by atoms with Gasteiger partial charge in [-0.15, -0.1) is 0 Å². The second-order valence-electron chi connectivity index (χ2n) is 9.11. The minimum atomic E-state index is -0.630. The molecule has 1 aliphatic carbocycles. The van der Waals surface area contributed by atoms with E-state index in [1.165, 1.54) is 16.7 Å². The predicted molar refractivity (Wildman–Crippen MR) is 125 cm³/mol. The molecule has 1 heterocycles. The normalized spacial score (nSPS) is 24.8. The summed E-state index contributed by atoms with van der Waals surface area (Å²) in [4.78, 5) is 13.7. The van der Waals surface area contributed by atoms with Crippen LogP contribution in [-0.4, -0.2) is 19.0 Å². The fourth-order valence-corrected chi connectivity index (χ4v) is 5.23. The van der Waals surface area contributed by atoms with Crippen molar-refractivity contribution in [2.75, 3.05) is 13.2 Å². The van der Waals surface area contributed by atoms with Gasteiger partial charge in [0.05, 0.1) is 18.6 Å². The zero-order valence-corrected chi connectivity index (χ0v) is 18.2. The van der Waals surface area contributed by atoms with Crippen molar-refractivity contribution < 1.29 is 9.53 Å². The molecule has 0 amide bonds. The fourth-order valence-electron chi connectivity index (χ4n) is 5.23. The van der Waals surface area contributed by atoms with Crippen LogP contribution in [0.4, 0.5) is 0 Å². The number of carbonyl (C=O) groups is 1.